The fourth-order valence-corrected chi connectivity index (χ4v) is 4.45. The van der Waals surface area contributed by atoms with E-state index in [1.54, 1.807) is 0 Å². The molecule has 2 aromatic heterocycles. The first-order chi connectivity index (χ1) is 13.3. The highest BCUT2D eigenvalue weighted by molar-refractivity contribution is 6.31. The van der Waals surface area contributed by atoms with Gasteiger partial charge in [-0.15, -0.1) is 0 Å². The van der Waals surface area contributed by atoms with Crippen molar-refractivity contribution >= 4 is 22.5 Å². The maximum absolute atomic E-state index is 6.63. The van der Waals surface area contributed by atoms with Gasteiger partial charge in [0, 0.05) is 40.9 Å². The molecular weight excluding hydrogens is 354 g/mol. The number of rotatable bonds is 3. The Labute approximate surface area is 163 Å². The number of fused-ring (bicyclic) bond motifs is 3. The summed E-state index contributed by atoms with van der Waals surface area (Å²) < 4.78 is 0. The zero-order valence-electron chi connectivity index (χ0n) is 14.9. The predicted molar refractivity (Wildman–Crippen MR) is 110 cm³/mol. The van der Waals surface area contributed by atoms with E-state index in [1.807, 2.05) is 30.5 Å². The zero-order valence-corrected chi connectivity index (χ0v) is 15.7. The second kappa shape index (κ2) is 6.84. The standard InChI is InChI=1S/C23H20ClN3/c24-20-10-3-1-9-19(20)23-22-18(17-8-2-4-11-21(17)26-22)12-14-27(23)15-16-7-5-6-13-25-16/h1-11,13,23,26H,12,14-15H2. The van der Waals surface area contributed by atoms with E-state index in [1.165, 1.54) is 22.2 Å². The average Bonchev–Trinajstić information content (AvgIpc) is 3.08. The van der Waals surface area contributed by atoms with E-state index < -0.39 is 0 Å². The van der Waals surface area contributed by atoms with E-state index in [4.69, 9.17) is 11.6 Å². The smallest absolute Gasteiger partial charge is 0.0775 e. The van der Waals surface area contributed by atoms with E-state index in [0.717, 1.165) is 35.8 Å². The van der Waals surface area contributed by atoms with E-state index in [-0.39, 0.29) is 6.04 Å². The van der Waals surface area contributed by atoms with Gasteiger partial charge in [-0.3, -0.25) is 9.88 Å². The number of nitrogens with one attached hydrogen (secondary N) is 1. The van der Waals surface area contributed by atoms with Crippen LogP contribution in [-0.4, -0.2) is 21.4 Å². The third-order valence-electron chi connectivity index (χ3n) is 5.43. The summed E-state index contributed by atoms with van der Waals surface area (Å²) in [5, 5.41) is 2.13. The van der Waals surface area contributed by atoms with Crippen LogP contribution in [-0.2, 0) is 13.0 Å². The highest BCUT2D eigenvalue weighted by Gasteiger charge is 2.32. The maximum Gasteiger partial charge on any atom is 0.0775 e. The topological polar surface area (TPSA) is 31.9 Å². The Morgan fingerprint density at radius 3 is 2.67 bits per heavy atom. The number of aromatic nitrogens is 2. The molecule has 27 heavy (non-hydrogen) atoms. The molecule has 1 unspecified atom stereocenters. The Morgan fingerprint density at radius 2 is 1.81 bits per heavy atom. The van der Waals surface area contributed by atoms with E-state index >= 15 is 0 Å². The molecule has 3 heterocycles. The third kappa shape index (κ3) is 2.93. The molecule has 0 spiro atoms. The van der Waals surface area contributed by atoms with E-state index in [2.05, 4.69) is 57.3 Å². The van der Waals surface area contributed by atoms with E-state index in [0.29, 0.717) is 0 Å². The summed E-state index contributed by atoms with van der Waals surface area (Å²) in [4.78, 5) is 10.7. The molecule has 0 radical (unpaired) electrons. The molecule has 2 aromatic carbocycles. The summed E-state index contributed by atoms with van der Waals surface area (Å²) in [7, 11) is 0. The van der Waals surface area contributed by atoms with Gasteiger partial charge in [0.1, 0.15) is 0 Å². The van der Waals surface area contributed by atoms with Crippen LogP contribution >= 0.6 is 11.6 Å². The van der Waals surface area contributed by atoms with Crippen molar-refractivity contribution in [3.05, 3.63) is 100 Å². The molecule has 134 valence electrons. The lowest BCUT2D eigenvalue weighted by Gasteiger charge is -2.36. The van der Waals surface area contributed by atoms with Gasteiger partial charge >= 0.3 is 0 Å². The van der Waals surface area contributed by atoms with Gasteiger partial charge in [-0.1, -0.05) is 54.1 Å². The van der Waals surface area contributed by atoms with Crippen molar-refractivity contribution in [2.45, 2.75) is 19.0 Å². The van der Waals surface area contributed by atoms with Gasteiger partial charge in [-0.05, 0) is 41.8 Å². The normalized spacial score (nSPS) is 17.1. The summed E-state index contributed by atoms with van der Waals surface area (Å²) in [6.45, 7) is 1.77. The quantitative estimate of drug-likeness (QED) is 0.524. The second-order valence-electron chi connectivity index (χ2n) is 7.03. The Kier molecular flexibility index (Phi) is 4.19. The van der Waals surface area contributed by atoms with Gasteiger partial charge < -0.3 is 4.98 Å². The molecular formula is C23H20ClN3. The molecule has 1 atom stereocenters. The molecule has 0 saturated heterocycles. The zero-order chi connectivity index (χ0) is 18.2. The van der Waals surface area contributed by atoms with Crippen molar-refractivity contribution in [1.29, 1.82) is 0 Å². The third-order valence-corrected chi connectivity index (χ3v) is 5.77. The minimum atomic E-state index is 0.0943. The largest absolute Gasteiger partial charge is 0.357 e. The van der Waals surface area contributed by atoms with Crippen LogP contribution in [0.15, 0.2) is 72.9 Å². The Hall–Kier alpha value is -2.62. The summed E-state index contributed by atoms with van der Waals surface area (Å²) in [6.07, 6.45) is 2.88. The highest BCUT2D eigenvalue weighted by atomic mass is 35.5. The average molecular weight is 374 g/mol. The molecule has 0 fully saturated rings. The highest BCUT2D eigenvalue weighted by Crippen LogP contribution is 2.41. The monoisotopic (exact) mass is 373 g/mol. The number of pyridine rings is 1. The van der Waals surface area contributed by atoms with Gasteiger partial charge in [0.05, 0.1) is 11.7 Å². The van der Waals surface area contributed by atoms with Gasteiger partial charge in [0.25, 0.3) is 0 Å². The van der Waals surface area contributed by atoms with Crippen molar-refractivity contribution < 1.29 is 0 Å². The number of H-pyrrole nitrogens is 1. The van der Waals surface area contributed by atoms with Crippen LogP contribution in [0.1, 0.15) is 28.6 Å². The van der Waals surface area contributed by atoms with E-state index in [9.17, 15) is 0 Å². The summed E-state index contributed by atoms with van der Waals surface area (Å²) in [6, 6.07) is 22.9. The number of para-hydroxylation sites is 1. The van der Waals surface area contributed by atoms with Crippen LogP contribution in [0.4, 0.5) is 0 Å². The van der Waals surface area contributed by atoms with Crippen molar-refractivity contribution in [1.82, 2.24) is 14.9 Å². The van der Waals surface area contributed by atoms with Crippen molar-refractivity contribution in [2.24, 2.45) is 0 Å². The SMILES string of the molecule is Clc1ccccc1C1c2[nH]c3ccccc3c2CCN1Cc1ccccn1. The molecule has 1 aliphatic heterocycles. The van der Waals surface area contributed by atoms with Crippen LogP contribution in [0, 0.1) is 0 Å². The number of nitrogens with zero attached hydrogens (tertiary/aromatic N) is 2. The molecule has 3 nitrogen and oxygen atoms in total. The van der Waals surface area contributed by atoms with Crippen LogP contribution in [0.5, 0.6) is 0 Å². The molecule has 1 aliphatic rings. The first-order valence-corrected chi connectivity index (χ1v) is 9.67. The van der Waals surface area contributed by atoms with Crippen molar-refractivity contribution in [3.8, 4) is 0 Å². The Bertz CT molecular complexity index is 1090. The van der Waals surface area contributed by atoms with Gasteiger partial charge in [-0.25, -0.2) is 0 Å². The lowest BCUT2D eigenvalue weighted by molar-refractivity contribution is 0.199. The number of hydrogen-bond acceptors (Lipinski definition) is 2. The van der Waals surface area contributed by atoms with Crippen LogP contribution in [0.3, 0.4) is 0 Å². The second-order valence-corrected chi connectivity index (χ2v) is 7.44. The molecule has 0 bridgehead atoms. The van der Waals surface area contributed by atoms with Gasteiger partial charge in [-0.2, -0.15) is 0 Å². The Balaban J connectivity index is 1.65. The van der Waals surface area contributed by atoms with Gasteiger partial charge in [0.15, 0.2) is 0 Å². The van der Waals surface area contributed by atoms with Crippen molar-refractivity contribution in [3.63, 3.8) is 0 Å². The maximum atomic E-state index is 6.63. The number of aromatic amines is 1. The summed E-state index contributed by atoms with van der Waals surface area (Å²) in [5.74, 6) is 0. The van der Waals surface area contributed by atoms with Crippen LogP contribution in [0.25, 0.3) is 10.9 Å². The summed E-state index contributed by atoms with van der Waals surface area (Å²) in [5.41, 5.74) is 6.08. The fraction of sp³-hybridized carbons (Fsp3) is 0.174. The first kappa shape index (κ1) is 16.5. The molecule has 1 N–H and O–H groups in total. The molecule has 0 saturated carbocycles. The number of benzene rings is 2. The molecule has 4 aromatic rings. The van der Waals surface area contributed by atoms with Gasteiger partial charge in [0.2, 0.25) is 0 Å². The lowest BCUT2D eigenvalue weighted by atomic mass is 9.92. The minimum Gasteiger partial charge on any atom is -0.357 e. The molecule has 5 rings (SSSR count). The number of hydrogen-bond donors (Lipinski definition) is 1. The first-order valence-electron chi connectivity index (χ1n) is 9.29. The molecule has 0 aliphatic carbocycles. The molecule has 4 heteroatoms. The van der Waals surface area contributed by atoms with Crippen LogP contribution < -0.4 is 0 Å². The van der Waals surface area contributed by atoms with Crippen molar-refractivity contribution in [2.75, 3.05) is 6.54 Å². The molecule has 0 amide bonds. The predicted octanol–water partition coefficient (Wildman–Crippen LogP) is 5.36. The fourth-order valence-electron chi connectivity index (χ4n) is 4.21. The lowest BCUT2D eigenvalue weighted by Crippen LogP contribution is -2.36. The minimum absolute atomic E-state index is 0.0943. The van der Waals surface area contributed by atoms with Crippen LogP contribution in [0.2, 0.25) is 5.02 Å². The summed E-state index contributed by atoms with van der Waals surface area (Å²) >= 11 is 6.63. The number of halogens is 1. The Morgan fingerprint density at radius 1 is 1.00 bits per heavy atom.